The maximum absolute atomic E-state index is 11.4. The molecule has 0 atom stereocenters. The van der Waals surface area contributed by atoms with Crippen LogP contribution in [-0.4, -0.2) is 18.4 Å². The van der Waals surface area contributed by atoms with Gasteiger partial charge in [-0.2, -0.15) is 0 Å². The molecule has 0 aliphatic heterocycles. The van der Waals surface area contributed by atoms with Gasteiger partial charge in [0.15, 0.2) is 0 Å². The van der Waals surface area contributed by atoms with Crippen molar-refractivity contribution in [3.63, 3.8) is 0 Å². The lowest BCUT2D eigenvalue weighted by Crippen LogP contribution is -2.11. The number of benzene rings is 2. The SMILES string of the molecule is Cc1sc2ncnc(Nc3ccc(S(N)(=O)=O)cc3)c2c1-c1ccc(Br)cc1. The first-order valence-corrected chi connectivity index (χ1v) is 11.4. The molecule has 3 N–H and O–H groups in total. The molecule has 0 bridgehead atoms. The van der Waals surface area contributed by atoms with Gasteiger partial charge in [0.2, 0.25) is 10.0 Å². The molecule has 0 fully saturated rings. The van der Waals surface area contributed by atoms with E-state index < -0.39 is 10.0 Å². The quantitative estimate of drug-likeness (QED) is 0.441. The second-order valence-electron chi connectivity index (χ2n) is 6.14. The Bertz CT molecular complexity index is 1270. The molecule has 28 heavy (non-hydrogen) atoms. The number of aryl methyl sites for hydroxylation is 1. The van der Waals surface area contributed by atoms with Gasteiger partial charge in [-0.3, -0.25) is 0 Å². The summed E-state index contributed by atoms with van der Waals surface area (Å²) >= 11 is 5.08. The molecule has 2 aromatic carbocycles. The topological polar surface area (TPSA) is 98.0 Å². The number of thiophene rings is 1. The van der Waals surface area contributed by atoms with Gasteiger partial charge in [-0.15, -0.1) is 11.3 Å². The highest BCUT2D eigenvalue weighted by molar-refractivity contribution is 9.10. The number of halogens is 1. The Balaban J connectivity index is 1.81. The zero-order chi connectivity index (χ0) is 19.9. The van der Waals surface area contributed by atoms with E-state index in [0.29, 0.717) is 11.5 Å². The summed E-state index contributed by atoms with van der Waals surface area (Å²) in [4.78, 5) is 10.9. The summed E-state index contributed by atoms with van der Waals surface area (Å²) in [5.74, 6) is 0.663. The Morgan fingerprint density at radius 3 is 2.36 bits per heavy atom. The average molecular weight is 475 g/mol. The zero-order valence-corrected chi connectivity index (χ0v) is 17.9. The van der Waals surface area contributed by atoms with Crippen LogP contribution in [0.25, 0.3) is 21.3 Å². The van der Waals surface area contributed by atoms with E-state index in [1.807, 2.05) is 12.1 Å². The number of nitrogens with two attached hydrogens (primary N) is 1. The number of nitrogens with one attached hydrogen (secondary N) is 1. The summed E-state index contributed by atoms with van der Waals surface area (Å²) in [6.45, 7) is 2.06. The number of aromatic nitrogens is 2. The molecule has 142 valence electrons. The molecule has 2 heterocycles. The maximum Gasteiger partial charge on any atom is 0.238 e. The van der Waals surface area contributed by atoms with Crippen molar-refractivity contribution >= 4 is 59.0 Å². The van der Waals surface area contributed by atoms with Gasteiger partial charge in [0.25, 0.3) is 0 Å². The lowest BCUT2D eigenvalue weighted by atomic mass is 10.0. The van der Waals surface area contributed by atoms with E-state index in [2.05, 4.69) is 50.3 Å². The first kappa shape index (κ1) is 19.0. The van der Waals surface area contributed by atoms with Gasteiger partial charge >= 0.3 is 0 Å². The summed E-state index contributed by atoms with van der Waals surface area (Å²) in [6, 6.07) is 14.3. The molecule has 6 nitrogen and oxygen atoms in total. The molecule has 0 saturated carbocycles. The summed E-state index contributed by atoms with van der Waals surface area (Å²) in [7, 11) is -3.73. The van der Waals surface area contributed by atoms with Crippen LogP contribution in [0.4, 0.5) is 11.5 Å². The van der Waals surface area contributed by atoms with Gasteiger partial charge in [0.05, 0.1) is 10.3 Å². The van der Waals surface area contributed by atoms with Crippen LogP contribution >= 0.6 is 27.3 Å². The predicted molar refractivity (Wildman–Crippen MR) is 116 cm³/mol. The highest BCUT2D eigenvalue weighted by Gasteiger charge is 2.17. The van der Waals surface area contributed by atoms with Gasteiger partial charge in [-0.05, 0) is 48.9 Å². The fourth-order valence-corrected chi connectivity index (χ4v) is 4.76. The highest BCUT2D eigenvalue weighted by atomic mass is 79.9. The second kappa shape index (κ2) is 7.25. The normalized spacial score (nSPS) is 11.7. The van der Waals surface area contributed by atoms with E-state index in [1.54, 1.807) is 23.5 Å². The summed E-state index contributed by atoms with van der Waals surface area (Å²) in [6.07, 6.45) is 1.52. The number of hydrogen-bond acceptors (Lipinski definition) is 6. The van der Waals surface area contributed by atoms with E-state index in [1.165, 1.54) is 18.5 Å². The smallest absolute Gasteiger partial charge is 0.238 e. The van der Waals surface area contributed by atoms with Crippen molar-refractivity contribution in [1.82, 2.24) is 9.97 Å². The van der Waals surface area contributed by atoms with Crippen molar-refractivity contribution in [3.05, 3.63) is 64.2 Å². The van der Waals surface area contributed by atoms with Crippen molar-refractivity contribution in [2.75, 3.05) is 5.32 Å². The van der Waals surface area contributed by atoms with Crippen molar-refractivity contribution in [1.29, 1.82) is 0 Å². The van der Waals surface area contributed by atoms with E-state index in [-0.39, 0.29) is 4.90 Å². The minimum absolute atomic E-state index is 0.0628. The van der Waals surface area contributed by atoms with Gasteiger partial charge in [0, 0.05) is 20.6 Å². The summed E-state index contributed by atoms with van der Waals surface area (Å²) < 4.78 is 23.9. The van der Waals surface area contributed by atoms with Crippen LogP contribution in [0.15, 0.2) is 64.2 Å². The average Bonchev–Trinajstić information content (AvgIpc) is 2.99. The molecular weight excluding hydrogens is 460 g/mol. The molecule has 9 heteroatoms. The summed E-state index contributed by atoms with van der Waals surface area (Å²) in [5, 5.41) is 9.36. The van der Waals surface area contributed by atoms with Crippen LogP contribution in [-0.2, 0) is 10.0 Å². The number of hydrogen-bond donors (Lipinski definition) is 2. The Kier molecular flexibility index (Phi) is 4.92. The number of fused-ring (bicyclic) bond motifs is 1. The standard InChI is InChI=1S/C19H15BrN4O2S2/c1-11-16(12-2-4-13(20)5-3-12)17-18(22-10-23-19(17)27-11)24-14-6-8-15(9-7-14)28(21,25)26/h2-10H,1H3,(H2,21,25,26)(H,22,23,24). The fourth-order valence-electron chi connectivity index (χ4n) is 2.97. The van der Waals surface area contributed by atoms with Crippen molar-refractivity contribution in [2.24, 2.45) is 5.14 Å². The lowest BCUT2D eigenvalue weighted by Gasteiger charge is -2.09. The Labute approximate surface area is 174 Å². The zero-order valence-electron chi connectivity index (χ0n) is 14.7. The van der Waals surface area contributed by atoms with Crippen LogP contribution in [0, 0.1) is 6.92 Å². The number of primary sulfonamides is 1. The molecule has 0 aliphatic rings. The third-order valence-electron chi connectivity index (χ3n) is 4.24. The number of nitrogens with zero attached hydrogens (tertiary/aromatic N) is 2. The molecule has 0 spiro atoms. The van der Waals surface area contributed by atoms with Crippen molar-refractivity contribution in [3.8, 4) is 11.1 Å². The molecule has 2 aromatic heterocycles. The maximum atomic E-state index is 11.4. The second-order valence-corrected chi connectivity index (χ2v) is 9.82. The number of sulfonamides is 1. The van der Waals surface area contributed by atoms with Gasteiger partial charge < -0.3 is 5.32 Å². The molecule has 4 rings (SSSR count). The third kappa shape index (κ3) is 3.66. The monoisotopic (exact) mass is 474 g/mol. The predicted octanol–water partition coefficient (Wildman–Crippen LogP) is 4.82. The fraction of sp³-hybridized carbons (Fsp3) is 0.0526. The first-order valence-electron chi connectivity index (χ1n) is 8.23. The molecule has 0 radical (unpaired) electrons. The van der Waals surface area contributed by atoms with Gasteiger partial charge in [-0.25, -0.2) is 23.5 Å². The lowest BCUT2D eigenvalue weighted by molar-refractivity contribution is 0.598. The molecule has 0 amide bonds. The number of anilines is 2. The molecular formula is C19H15BrN4O2S2. The molecule has 0 unspecified atom stereocenters. The third-order valence-corrected chi connectivity index (χ3v) is 6.71. The van der Waals surface area contributed by atoms with Crippen molar-refractivity contribution in [2.45, 2.75) is 11.8 Å². The van der Waals surface area contributed by atoms with E-state index in [0.717, 1.165) is 30.7 Å². The highest BCUT2D eigenvalue weighted by Crippen LogP contribution is 2.41. The van der Waals surface area contributed by atoms with E-state index >= 15 is 0 Å². The van der Waals surface area contributed by atoms with Crippen molar-refractivity contribution < 1.29 is 8.42 Å². The minimum atomic E-state index is -3.73. The minimum Gasteiger partial charge on any atom is -0.340 e. The van der Waals surface area contributed by atoms with Crippen LogP contribution < -0.4 is 10.5 Å². The van der Waals surface area contributed by atoms with Crippen LogP contribution in [0.5, 0.6) is 0 Å². The first-order chi connectivity index (χ1) is 13.3. The number of rotatable bonds is 4. The summed E-state index contributed by atoms with van der Waals surface area (Å²) in [5.41, 5.74) is 2.86. The largest absolute Gasteiger partial charge is 0.340 e. The van der Waals surface area contributed by atoms with E-state index in [9.17, 15) is 8.42 Å². The molecule has 0 aliphatic carbocycles. The van der Waals surface area contributed by atoms with Crippen LogP contribution in [0.3, 0.4) is 0 Å². The Hall–Kier alpha value is -2.33. The van der Waals surface area contributed by atoms with Crippen LogP contribution in [0.2, 0.25) is 0 Å². The van der Waals surface area contributed by atoms with Gasteiger partial charge in [-0.1, -0.05) is 28.1 Å². The van der Waals surface area contributed by atoms with E-state index in [4.69, 9.17) is 5.14 Å². The molecule has 4 aromatic rings. The molecule has 0 saturated heterocycles. The van der Waals surface area contributed by atoms with Gasteiger partial charge in [0.1, 0.15) is 17.0 Å². The Morgan fingerprint density at radius 2 is 1.71 bits per heavy atom. The van der Waals surface area contributed by atoms with Crippen LogP contribution in [0.1, 0.15) is 4.88 Å². The Morgan fingerprint density at radius 1 is 1.04 bits per heavy atom.